The molecule has 0 saturated carbocycles. The van der Waals surface area contributed by atoms with Crippen LogP contribution in [0.15, 0.2) is 35.9 Å². The van der Waals surface area contributed by atoms with Crippen molar-refractivity contribution in [1.82, 2.24) is 20.1 Å². The molecule has 1 aliphatic carbocycles. The highest BCUT2D eigenvalue weighted by Crippen LogP contribution is 2.34. The summed E-state index contributed by atoms with van der Waals surface area (Å²) in [6, 6.07) is 7.86. The first kappa shape index (κ1) is 22.9. The van der Waals surface area contributed by atoms with Crippen molar-refractivity contribution in [1.29, 1.82) is 0 Å². The second-order valence-corrected chi connectivity index (χ2v) is 10.3. The number of allylic oxidation sites excluding steroid dienone is 1. The molecule has 0 bridgehead atoms. The smallest absolute Gasteiger partial charge is 0.224 e. The molecule has 180 valence electrons. The van der Waals surface area contributed by atoms with Crippen LogP contribution in [0.4, 0.5) is 5.13 Å². The number of fused-ring (bicyclic) bond motifs is 1. The van der Waals surface area contributed by atoms with Gasteiger partial charge in [0.15, 0.2) is 10.8 Å². The zero-order valence-corrected chi connectivity index (χ0v) is 20.9. The number of carbonyl (C=O) groups is 1. The van der Waals surface area contributed by atoms with Gasteiger partial charge in [-0.3, -0.25) is 4.79 Å². The van der Waals surface area contributed by atoms with Crippen molar-refractivity contribution in [2.24, 2.45) is 5.92 Å². The number of amides is 1. The average Bonchev–Trinajstić information content (AvgIpc) is 3.45. The van der Waals surface area contributed by atoms with E-state index in [9.17, 15) is 4.79 Å². The van der Waals surface area contributed by atoms with E-state index in [0.717, 1.165) is 71.5 Å². The highest BCUT2D eigenvalue weighted by molar-refractivity contribution is 7.22. The number of carbonyl (C=O) groups excluding carboxylic acids is 1. The predicted octanol–water partition coefficient (Wildman–Crippen LogP) is 5.02. The Morgan fingerprint density at radius 1 is 1.24 bits per heavy atom. The molecule has 1 aliphatic heterocycles. The number of aromatic nitrogens is 3. The van der Waals surface area contributed by atoms with Gasteiger partial charge in [-0.05, 0) is 76.1 Å². The maximum absolute atomic E-state index is 12.9. The molecular weight excluding hydrogens is 446 g/mol. The summed E-state index contributed by atoms with van der Waals surface area (Å²) in [6.45, 7) is 4.43. The van der Waals surface area contributed by atoms with Crippen molar-refractivity contribution in [3.63, 3.8) is 0 Å². The van der Waals surface area contributed by atoms with Crippen LogP contribution in [0, 0.1) is 12.8 Å². The first-order valence-corrected chi connectivity index (χ1v) is 13.1. The second kappa shape index (κ2) is 10.2. The van der Waals surface area contributed by atoms with Crippen LogP contribution in [0.25, 0.3) is 16.0 Å². The van der Waals surface area contributed by atoms with Gasteiger partial charge in [0.2, 0.25) is 5.91 Å². The Labute approximate surface area is 204 Å². The number of ether oxygens (including phenoxy) is 1. The van der Waals surface area contributed by atoms with Crippen molar-refractivity contribution in [3.8, 4) is 11.4 Å². The molecule has 2 aliphatic rings. The molecule has 3 aromatic rings. The molecule has 34 heavy (non-hydrogen) atoms. The van der Waals surface area contributed by atoms with Gasteiger partial charge in [0.25, 0.3) is 0 Å². The third-order valence-electron chi connectivity index (χ3n) is 6.89. The summed E-state index contributed by atoms with van der Waals surface area (Å²) in [5, 5.41) is 8.88. The molecule has 1 atom stereocenters. The van der Waals surface area contributed by atoms with Crippen molar-refractivity contribution >= 4 is 32.7 Å². The lowest BCUT2D eigenvalue weighted by Crippen LogP contribution is -2.43. The van der Waals surface area contributed by atoms with E-state index < -0.39 is 0 Å². The third-order valence-corrected chi connectivity index (χ3v) is 8.10. The SMILES string of the molecule is COc1ccc(-n2nc(C)c3sc(N4CCC[C@H](C(=O)NCCC5=CCCCC5)C4)nc32)cc1. The topological polar surface area (TPSA) is 72.3 Å². The van der Waals surface area contributed by atoms with E-state index in [0.29, 0.717) is 0 Å². The fourth-order valence-corrected chi connectivity index (χ4v) is 5.97. The minimum atomic E-state index is 0.0141. The molecule has 0 unspecified atom stereocenters. The minimum Gasteiger partial charge on any atom is -0.497 e. The molecule has 1 saturated heterocycles. The van der Waals surface area contributed by atoms with Crippen molar-refractivity contribution in [2.45, 2.75) is 51.9 Å². The Morgan fingerprint density at radius 2 is 2.09 bits per heavy atom. The van der Waals surface area contributed by atoms with E-state index in [-0.39, 0.29) is 11.8 Å². The number of hydrogen-bond donors (Lipinski definition) is 1. The Hall–Kier alpha value is -2.87. The maximum atomic E-state index is 12.9. The van der Waals surface area contributed by atoms with Gasteiger partial charge in [0.1, 0.15) is 5.75 Å². The number of piperidine rings is 1. The first-order valence-electron chi connectivity index (χ1n) is 12.3. The standard InChI is InChI=1S/C26H33N5O2S/c1-18-23-24(31(29-18)21-10-12-22(33-2)13-11-21)28-26(34-23)30-16-6-9-20(17-30)25(32)27-15-14-19-7-4-3-5-8-19/h7,10-13,20H,3-6,8-9,14-17H2,1-2H3,(H,27,32)/t20-/m0/s1. The fourth-order valence-electron chi connectivity index (χ4n) is 4.95. The second-order valence-electron chi connectivity index (χ2n) is 9.28. The number of nitrogens with zero attached hydrogens (tertiary/aromatic N) is 4. The van der Waals surface area contributed by atoms with Crippen LogP contribution in [0.1, 0.15) is 50.6 Å². The molecule has 1 fully saturated rings. The molecule has 5 rings (SSSR count). The lowest BCUT2D eigenvalue weighted by molar-refractivity contribution is -0.125. The average molecular weight is 480 g/mol. The van der Waals surface area contributed by atoms with E-state index >= 15 is 0 Å². The van der Waals surface area contributed by atoms with Gasteiger partial charge in [-0.1, -0.05) is 23.0 Å². The fraction of sp³-hybridized carbons (Fsp3) is 0.500. The molecule has 1 N–H and O–H groups in total. The third kappa shape index (κ3) is 4.82. The van der Waals surface area contributed by atoms with Gasteiger partial charge in [0.05, 0.1) is 29.1 Å². The first-order chi connectivity index (χ1) is 16.6. The molecule has 2 aromatic heterocycles. The molecule has 7 nitrogen and oxygen atoms in total. The molecule has 8 heteroatoms. The summed E-state index contributed by atoms with van der Waals surface area (Å²) in [6.07, 6.45) is 10.3. The molecule has 1 aromatic carbocycles. The monoisotopic (exact) mass is 479 g/mol. The summed E-state index contributed by atoms with van der Waals surface area (Å²) in [7, 11) is 1.67. The number of methoxy groups -OCH3 is 1. The van der Waals surface area contributed by atoms with Crippen molar-refractivity contribution in [2.75, 3.05) is 31.6 Å². The number of nitrogens with one attached hydrogen (secondary N) is 1. The lowest BCUT2D eigenvalue weighted by atomic mass is 9.96. The van der Waals surface area contributed by atoms with Gasteiger partial charge in [-0.2, -0.15) is 10.1 Å². The van der Waals surface area contributed by atoms with Crippen LogP contribution in [0.2, 0.25) is 0 Å². The predicted molar refractivity (Wildman–Crippen MR) is 137 cm³/mol. The largest absolute Gasteiger partial charge is 0.497 e. The highest BCUT2D eigenvalue weighted by atomic mass is 32.1. The summed E-state index contributed by atoms with van der Waals surface area (Å²) < 4.78 is 8.28. The van der Waals surface area contributed by atoms with E-state index in [2.05, 4.69) is 16.3 Å². The molecule has 3 heterocycles. The summed E-state index contributed by atoms with van der Waals surface area (Å²) in [5.41, 5.74) is 4.31. The lowest BCUT2D eigenvalue weighted by Gasteiger charge is -2.31. The molecular formula is C26H33N5O2S. The molecule has 0 radical (unpaired) electrons. The highest BCUT2D eigenvalue weighted by Gasteiger charge is 2.28. The van der Waals surface area contributed by atoms with Crippen LogP contribution in [0.3, 0.4) is 0 Å². The Bertz CT molecular complexity index is 1180. The Kier molecular flexibility index (Phi) is 6.85. The normalized spacial score (nSPS) is 18.7. The van der Waals surface area contributed by atoms with E-state index in [1.54, 1.807) is 18.4 Å². The number of hydrogen-bond acceptors (Lipinski definition) is 6. The number of anilines is 1. The van der Waals surface area contributed by atoms with Gasteiger partial charge in [-0.25, -0.2) is 4.68 Å². The van der Waals surface area contributed by atoms with E-state index in [1.807, 2.05) is 35.9 Å². The minimum absolute atomic E-state index is 0.0141. The van der Waals surface area contributed by atoms with Crippen molar-refractivity contribution in [3.05, 3.63) is 41.6 Å². The molecule has 1 amide bonds. The molecule has 0 spiro atoms. The van der Waals surface area contributed by atoms with Crippen LogP contribution in [-0.2, 0) is 4.79 Å². The zero-order valence-electron chi connectivity index (χ0n) is 20.0. The van der Waals surface area contributed by atoms with Gasteiger partial charge in [-0.15, -0.1) is 0 Å². The van der Waals surface area contributed by atoms with Crippen molar-refractivity contribution < 1.29 is 9.53 Å². The van der Waals surface area contributed by atoms with Crippen LogP contribution >= 0.6 is 11.3 Å². The summed E-state index contributed by atoms with van der Waals surface area (Å²) in [5.74, 6) is 1.01. The van der Waals surface area contributed by atoms with E-state index in [4.69, 9.17) is 14.8 Å². The Morgan fingerprint density at radius 3 is 2.85 bits per heavy atom. The van der Waals surface area contributed by atoms with E-state index in [1.165, 1.54) is 31.3 Å². The van der Waals surface area contributed by atoms with Crippen LogP contribution in [-0.4, -0.2) is 47.4 Å². The quantitative estimate of drug-likeness (QED) is 0.482. The number of aryl methyl sites for hydroxylation is 1. The zero-order chi connectivity index (χ0) is 23.5. The van der Waals surface area contributed by atoms with Crippen LogP contribution in [0.5, 0.6) is 5.75 Å². The number of thiazole rings is 1. The number of benzene rings is 1. The van der Waals surface area contributed by atoms with Crippen LogP contribution < -0.4 is 15.0 Å². The van der Waals surface area contributed by atoms with Gasteiger partial charge < -0.3 is 15.0 Å². The summed E-state index contributed by atoms with van der Waals surface area (Å²) >= 11 is 1.67. The van der Waals surface area contributed by atoms with Gasteiger partial charge in [0, 0.05) is 19.6 Å². The summed E-state index contributed by atoms with van der Waals surface area (Å²) in [4.78, 5) is 20.1. The van der Waals surface area contributed by atoms with Gasteiger partial charge >= 0.3 is 0 Å². The number of rotatable bonds is 7. The Balaban J connectivity index is 1.26. The maximum Gasteiger partial charge on any atom is 0.224 e.